The van der Waals surface area contributed by atoms with Gasteiger partial charge in [0.1, 0.15) is 5.75 Å². The van der Waals surface area contributed by atoms with Crippen molar-refractivity contribution in [1.82, 2.24) is 0 Å². The number of carbonyl (C=O) groups is 1. The summed E-state index contributed by atoms with van der Waals surface area (Å²) in [5.74, 6) is -1.01. The average Bonchev–Trinajstić information content (AvgIpc) is 2.54. The Hall–Kier alpha value is -2.55. The molecule has 10 heteroatoms. The fourth-order valence-corrected chi connectivity index (χ4v) is 2.21. The van der Waals surface area contributed by atoms with E-state index in [1.54, 1.807) is 0 Å². The van der Waals surface area contributed by atoms with Crippen LogP contribution < -0.4 is 15.4 Å². The first-order valence-electron chi connectivity index (χ1n) is 7.11. The molecule has 0 aliphatic rings. The van der Waals surface area contributed by atoms with Crippen LogP contribution in [0.4, 0.5) is 33.3 Å². The second kappa shape index (κ2) is 8.22. The van der Waals surface area contributed by atoms with Gasteiger partial charge in [-0.2, -0.15) is 22.0 Å². The van der Waals surface area contributed by atoms with Crippen LogP contribution in [0.3, 0.4) is 0 Å². The summed E-state index contributed by atoms with van der Waals surface area (Å²) in [6.45, 7) is -3.53. The number of rotatable bonds is 6. The standard InChI is InChI=1S/C16H12ClF5N2O2/c17-9-5-6-11(10(7-9)16(20,21)22)24-14(25)8-23-12-3-1-2-4-13(12)26-15(18)19/h1-7,15,23H,8H2,(H,24,25). The van der Waals surface area contributed by atoms with Crippen LogP contribution in [-0.4, -0.2) is 19.1 Å². The van der Waals surface area contributed by atoms with Crippen molar-refractivity contribution in [1.29, 1.82) is 0 Å². The summed E-state index contributed by atoms with van der Waals surface area (Å²) in [5.41, 5.74) is -1.47. The van der Waals surface area contributed by atoms with Gasteiger partial charge < -0.3 is 15.4 Å². The Labute approximate surface area is 149 Å². The van der Waals surface area contributed by atoms with Gasteiger partial charge in [0.15, 0.2) is 0 Å². The highest BCUT2D eigenvalue weighted by Crippen LogP contribution is 2.36. The van der Waals surface area contributed by atoms with Gasteiger partial charge in [-0.25, -0.2) is 0 Å². The van der Waals surface area contributed by atoms with E-state index in [-0.39, 0.29) is 16.5 Å². The molecule has 2 N–H and O–H groups in total. The lowest BCUT2D eigenvalue weighted by Gasteiger charge is -2.15. The van der Waals surface area contributed by atoms with Crippen molar-refractivity contribution in [3.05, 3.63) is 53.1 Å². The molecule has 0 radical (unpaired) electrons. The zero-order valence-electron chi connectivity index (χ0n) is 12.9. The summed E-state index contributed by atoms with van der Waals surface area (Å²) in [6, 6.07) is 8.52. The number of halogens is 6. The van der Waals surface area contributed by atoms with E-state index in [1.165, 1.54) is 30.3 Å². The van der Waals surface area contributed by atoms with Crippen molar-refractivity contribution in [2.24, 2.45) is 0 Å². The summed E-state index contributed by atoms with van der Waals surface area (Å²) in [7, 11) is 0. The number of carbonyl (C=O) groups excluding carboxylic acids is 1. The summed E-state index contributed by atoms with van der Waals surface area (Å²) >= 11 is 5.56. The van der Waals surface area contributed by atoms with E-state index in [2.05, 4.69) is 15.4 Å². The molecule has 1 amide bonds. The number of hydrogen-bond acceptors (Lipinski definition) is 3. The minimum Gasteiger partial charge on any atom is -0.433 e. The molecule has 2 aromatic rings. The lowest BCUT2D eigenvalue weighted by atomic mass is 10.1. The minimum atomic E-state index is -4.71. The van der Waals surface area contributed by atoms with E-state index in [0.717, 1.165) is 6.07 Å². The Morgan fingerprint density at radius 3 is 2.46 bits per heavy atom. The number of ether oxygens (including phenoxy) is 1. The van der Waals surface area contributed by atoms with Crippen LogP contribution in [0.1, 0.15) is 5.56 Å². The number of alkyl halides is 5. The first kappa shape index (κ1) is 19.8. The summed E-state index contributed by atoms with van der Waals surface area (Å²) in [6.07, 6.45) is -4.71. The summed E-state index contributed by atoms with van der Waals surface area (Å²) in [5, 5.41) is 4.50. The van der Waals surface area contributed by atoms with E-state index < -0.39 is 36.5 Å². The van der Waals surface area contributed by atoms with Gasteiger partial charge in [0, 0.05) is 5.02 Å². The molecule has 0 aromatic heterocycles. The molecular formula is C16H12ClF5N2O2. The molecule has 0 saturated heterocycles. The van der Waals surface area contributed by atoms with Gasteiger partial charge in [-0.3, -0.25) is 4.79 Å². The first-order chi connectivity index (χ1) is 12.2. The normalized spacial score (nSPS) is 11.3. The zero-order valence-corrected chi connectivity index (χ0v) is 13.7. The second-order valence-corrected chi connectivity index (χ2v) is 5.40. The predicted molar refractivity (Wildman–Crippen MR) is 86.6 cm³/mol. The molecule has 4 nitrogen and oxygen atoms in total. The maximum absolute atomic E-state index is 13.0. The van der Waals surface area contributed by atoms with E-state index in [9.17, 15) is 26.7 Å². The van der Waals surface area contributed by atoms with Crippen molar-refractivity contribution >= 4 is 28.9 Å². The van der Waals surface area contributed by atoms with Crippen LogP contribution in [0.25, 0.3) is 0 Å². The van der Waals surface area contributed by atoms with Crippen LogP contribution in [0.15, 0.2) is 42.5 Å². The van der Waals surface area contributed by atoms with Crippen molar-refractivity contribution in [2.45, 2.75) is 12.8 Å². The van der Waals surface area contributed by atoms with Gasteiger partial charge in [-0.1, -0.05) is 23.7 Å². The third-order valence-corrected chi connectivity index (χ3v) is 3.34. The van der Waals surface area contributed by atoms with Crippen molar-refractivity contribution in [3.63, 3.8) is 0 Å². The molecule has 0 fully saturated rings. The SMILES string of the molecule is O=C(CNc1ccccc1OC(F)F)Nc1ccc(Cl)cc1C(F)(F)F. The largest absolute Gasteiger partial charge is 0.433 e. The Morgan fingerprint density at radius 1 is 1.12 bits per heavy atom. The molecular weight excluding hydrogens is 383 g/mol. The molecule has 140 valence electrons. The van der Waals surface area contributed by atoms with Gasteiger partial charge in [0.05, 0.1) is 23.5 Å². The van der Waals surface area contributed by atoms with Gasteiger partial charge in [-0.15, -0.1) is 0 Å². The third kappa shape index (κ3) is 5.48. The Kier molecular flexibility index (Phi) is 6.25. The van der Waals surface area contributed by atoms with Gasteiger partial charge >= 0.3 is 12.8 Å². The van der Waals surface area contributed by atoms with E-state index in [0.29, 0.717) is 6.07 Å². The first-order valence-corrected chi connectivity index (χ1v) is 7.49. The van der Waals surface area contributed by atoms with Crippen LogP contribution in [-0.2, 0) is 11.0 Å². The molecule has 2 aromatic carbocycles. The molecule has 0 atom stereocenters. The lowest BCUT2D eigenvalue weighted by molar-refractivity contribution is -0.137. The maximum atomic E-state index is 13.0. The zero-order chi connectivity index (χ0) is 19.3. The highest BCUT2D eigenvalue weighted by Gasteiger charge is 2.34. The molecule has 26 heavy (non-hydrogen) atoms. The Morgan fingerprint density at radius 2 is 1.81 bits per heavy atom. The van der Waals surface area contributed by atoms with E-state index in [4.69, 9.17) is 11.6 Å². The van der Waals surface area contributed by atoms with Crippen molar-refractivity contribution < 1.29 is 31.5 Å². The van der Waals surface area contributed by atoms with E-state index >= 15 is 0 Å². The molecule has 0 unspecified atom stereocenters. The Bertz CT molecular complexity index is 783. The molecule has 0 bridgehead atoms. The summed E-state index contributed by atoms with van der Waals surface area (Å²) < 4.78 is 67.9. The molecule has 0 heterocycles. The topological polar surface area (TPSA) is 50.4 Å². The fourth-order valence-electron chi connectivity index (χ4n) is 2.04. The monoisotopic (exact) mass is 394 g/mol. The quantitative estimate of drug-likeness (QED) is 0.677. The molecule has 0 saturated carbocycles. The second-order valence-electron chi connectivity index (χ2n) is 4.96. The highest BCUT2D eigenvalue weighted by atomic mass is 35.5. The fraction of sp³-hybridized carbons (Fsp3) is 0.188. The smallest absolute Gasteiger partial charge is 0.418 e. The van der Waals surface area contributed by atoms with Gasteiger partial charge in [-0.05, 0) is 30.3 Å². The van der Waals surface area contributed by atoms with Crippen molar-refractivity contribution in [2.75, 3.05) is 17.2 Å². The predicted octanol–water partition coefficient (Wildman–Crippen LogP) is 5.01. The van der Waals surface area contributed by atoms with Crippen molar-refractivity contribution in [3.8, 4) is 5.75 Å². The maximum Gasteiger partial charge on any atom is 0.418 e. The van der Waals surface area contributed by atoms with Gasteiger partial charge in [0.2, 0.25) is 5.91 Å². The highest BCUT2D eigenvalue weighted by molar-refractivity contribution is 6.30. The van der Waals surface area contributed by atoms with Crippen LogP contribution in [0.2, 0.25) is 5.02 Å². The number of para-hydroxylation sites is 2. The molecule has 0 spiro atoms. The number of hydrogen-bond donors (Lipinski definition) is 2. The van der Waals surface area contributed by atoms with E-state index in [1.807, 2.05) is 0 Å². The number of anilines is 2. The molecule has 0 aliphatic heterocycles. The number of benzene rings is 2. The Balaban J connectivity index is 2.07. The van der Waals surface area contributed by atoms with Crippen LogP contribution >= 0.6 is 11.6 Å². The third-order valence-electron chi connectivity index (χ3n) is 3.10. The molecule has 2 rings (SSSR count). The van der Waals surface area contributed by atoms with Crippen LogP contribution in [0, 0.1) is 0 Å². The lowest BCUT2D eigenvalue weighted by Crippen LogP contribution is -2.24. The number of nitrogens with one attached hydrogen (secondary N) is 2. The number of amides is 1. The van der Waals surface area contributed by atoms with Gasteiger partial charge in [0.25, 0.3) is 0 Å². The average molecular weight is 395 g/mol. The minimum absolute atomic E-state index is 0.0927. The molecule has 0 aliphatic carbocycles. The summed E-state index contributed by atoms with van der Waals surface area (Å²) in [4.78, 5) is 11.9. The van der Waals surface area contributed by atoms with Crippen LogP contribution in [0.5, 0.6) is 5.75 Å².